The second-order valence-corrected chi connectivity index (χ2v) is 3.96. The standard InChI is InChI=1S/C9H14ClNO2/c1-9(8(12)13)3-6-11(7-9)5-2-4-10/h2,4H,3,5-7H2,1H3,(H,12,13). The van der Waals surface area contributed by atoms with Crippen LogP contribution in [0.3, 0.4) is 0 Å². The maximum atomic E-state index is 10.9. The van der Waals surface area contributed by atoms with Crippen molar-refractivity contribution in [2.45, 2.75) is 13.3 Å². The Bertz CT molecular complexity index is 230. The minimum atomic E-state index is -0.704. The van der Waals surface area contributed by atoms with Crippen molar-refractivity contribution in [3.63, 3.8) is 0 Å². The zero-order valence-corrected chi connectivity index (χ0v) is 8.42. The molecule has 0 saturated carbocycles. The SMILES string of the molecule is CC1(C(=O)O)CCN(CC=CCl)C1. The number of carboxylic acid groups (broad SMARTS) is 1. The molecule has 1 fully saturated rings. The van der Waals surface area contributed by atoms with Gasteiger partial charge in [-0.05, 0) is 19.9 Å². The number of rotatable bonds is 3. The lowest BCUT2D eigenvalue weighted by atomic mass is 9.90. The van der Waals surface area contributed by atoms with E-state index in [1.165, 1.54) is 5.54 Å². The molecule has 0 amide bonds. The first-order valence-corrected chi connectivity index (χ1v) is 4.73. The summed E-state index contributed by atoms with van der Waals surface area (Å²) in [5.41, 5.74) is 0.899. The Hall–Kier alpha value is -0.540. The molecule has 1 N–H and O–H groups in total. The van der Waals surface area contributed by atoms with Crippen LogP contribution < -0.4 is 0 Å². The van der Waals surface area contributed by atoms with Gasteiger partial charge in [0.25, 0.3) is 0 Å². The van der Waals surface area contributed by atoms with Crippen molar-refractivity contribution in [1.82, 2.24) is 4.90 Å². The minimum absolute atomic E-state index is 0.569. The van der Waals surface area contributed by atoms with Gasteiger partial charge >= 0.3 is 5.97 Å². The topological polar surface area (TPSA) is 40.5 Å². The fraction of sp³-hybridized carbons (Fsp3) is 0.667. The molecule has 1 rings (SSSR count). The van der Waals surface area contributed by atoms with Crippen molar-refractivity contribution >= 4 is 17.6 Å². The Kier molecular flexibility index (Phi) is 3.33. The van der Waals surface area contributed by atoms with E-state index in [9.17, 15) is 4.79 Å². The van der Waals surface area contributed by atoms with Crippen LogP contribution >= 0.6 is 11.6 Å². The van der Waals surface area contributed by atoms with Crippen LogP contribution in [0.1, 0.15) is 13.3 Å². The predicted molar refractivity (Wildman–Crippen MR) is 51.8 cm³/mol. The Morgan fingerprint density at radius 2 is 2.46 bits per heavy atom. The monoisotopic (exact) mass is 203 g/mol. The second kappa shape index (κ2) is 4.11. The number of halogens is 1. The molecule has 0 aromatic heterocycles. The lowest BCUT2D eigenvalue weighted by Crippen LogP contribution is -2.31. The Balaban J connectivity index is 2.48. The fourth-order valence-electron chi connectivity index (χ4n) is 1.58. The predicted octanol–water partition coefficient (Wildman–Crippen LogP) is 1.54. The van der Waals surface area contributed by atoms with Crippen LogP contribution in [-0.4, -0.2) is 35.6 Å². The van der Waals surface area contributed by atoms with E-state index in [4.69, 9.17) is 16.7 Å². The number of hydrogen-bond acceptors (Lipinski definition) is 2. The molecule has 74 valence electrons. The summed E-state index contributed by atoms with van der Waals surface area (Å²) in [4.78, 5) is 13.0. The van der Waals surface area contributed by atoms with Gasteiger partial charge in [-0.3, -0.25) is 9.69 Å². The van der Waals surface area contributed by atoms with Gasteiger partial charge in [-0.2, -0.15) is 0 Å². The Labute approximate surface area is 83.0 Å². The van der Waals surface area contributed by atoms with Crippen LogP contribution in [0.4, 0.5) is 0 Å². The van der Waals surface area contributed by atoms with Crippen molar-refractivity contribution in [2.24, 2.45) is 5.41 Å². The third-order valence-electron chi connectivity index (χ3n) is 2.52. The smallest absolute Gasteiger partial charge is 0.310 e. The van der Waals surface area contributed by atoms with Gasteiger partial charge in [0.05, 0.1) is 5.41 Å². The molecule has 1 saturated heterocycles. The van der Waals surface area contributed by atoms with Crippen molar-refractivity contribution in [2.75, 3.05) is 19.6 Å². The molecule has 0 aromatic carbocycles. The molecule has 0 aliphatic carbocycles. The van der Waals surface area contributed by atoms with E-state index in [0.717, 1.165) is 19.5 Å². The summed E-state index contributed by atoms with van der Waals surface area (Å²) in [7, 11) is 0. The maximum Gasteiger partial charge on any atom is 0.310 e. The highest BCUT2D eigenvalue weighted by atomic mass is 35.5. The van der Waals surface area contributed by atoms with Gasteiger partial charge in [-0.25, -0.2) is 0 Å². The molecular weight excluding hydrogens is 190 g/mol. The summed E-state index contributed by atoms with van der Waals surface area (Å²) in [6, 6.07) is 0. The lowest BCUT2D eigenvalue weighted by molar-refractivity contribution is -0.147. The summed E-state index contributed by atoms with van der Waals surface area (Å²) in [5.74, 6) is -0.704. The molecule has 1 atom stereocenters. The van der Waals surface area contributed by atoms with Gasteiger partial charge in [-0.1, -0.05) is 17.7 Å². The fourth-order valence-corrected chi connectivity index (χ4v) is 1.66. The molecule has 1 aliphatic heterocycles. The van der Waals surface area contributed by atoms with Gasteiger partial charge in [0.1, 0.15) is 0 Å². The van der Waals surface area contributed by atoms with Crippen LogP contribution in [-0.2, 0) is 4.79 Å². The number of carbonyl (C=O) groups is 1. The Morgan fingerprint density at radius 1 is 1.77 bits per heavy atom. The van der Waals surface area contributed by atoms with Gasteiger partial charge in [0.2, 0.25) is 0 Å². The number of carboxylic acids is 1. The first-order valence-electron chi connectivity index (χ1n) is 4.29. The molecule has 13 heavy (non-hydrogen) atoms. The zero-order chi connectivity index (χ0) is 9.90. The molecule has 3 nitrogen and oxygen atoms in total. The highest BCUT2D eigenvalue weighted by molar-refractivity contribution is 6.25. The molecule has 1 aliphatic rings. The third kappa shape index (κ3) is 2.45. The van der Waals surface area contributed by atoms with Crippen molar-refractivity contribution < 1.29 is 9.90 Å². The second-order valence-electron chi connectivity index (χ2n) is 3.71. The van der Waals surface area contributed by atoms with Gasteiger partial charge < -0.3 is 5.11 Å². The van der Waals surface area contributed by atoms with E-state index in [2.05, 4.69) is 4.90 Å². The average Bonchev–Trinajstić information content (AvgIpc) is 2.45. The van der Waals surface area contributed by atoms with Gasteiger partial charge in [-0.15, -0.1) is 0 Å². The van der Waals surface area contributed by atoms with Crippen LogP contribution in [0.2, 0.25) is 0 Å². The van der Waals surface area contributed by atoms with Crippen molar-refractivity contribution in [3.05, 3.63) is 11.6 Å². The lowest BCUT2D eigenvalue weighted by Gasteiger charge is -2.18. The quantitative estimate of drug-likeness (QED) is 0.757. The van der Waals surface area contributed by atoms with Crippen LogP contribution in [0.25, 0.3) is 0 Å². The van der Waals surface area contributed by atoms with Crippen LogP contribution in [0.5, 0.6) is 0 Å². The van der Waals surface area contributed by atoms with Crippen molar-refractivity contribution in [1.29, 1.82) is 0 Å². The van der Waals surface area contributed by atoms with E-state index in [0.29, 0.717) is 6.54 Å². The molecule has 1 unspecified atom stereocenters. The van der Waals surface area contributed by atoms with Crippen LogP contribution in [0, 0.1) is 5.41 Å². The summed E-state index contributed by atoms with van der Waals surface area (Å²) in [5, 5.41) is 8.94. The summed E-state index contributed by atoms with van der Waals surface area (Å²) in [6.45, 7) is 3.99. The van der Waals surface area contributed by atoms with E-state index in [1.54, 1.807) is 6.92 Å². The highest BCUT2D eigenvalue weighted by Gasteiger charge is 2.39. The normalized spacial score (nSPS) is 30.0. The first kappa shape index (κ1) is 10.5. The summed E-state index contributed by atoms with van der Waals surface area (Å²) < 4.78 is 0. The number of hydrogen-bond donors (Lipinski definition) is 1. The zero-order valence-electron chi connectivity index (χ0n) is 7.66. The molecule has 0 radical (unpaired) electrons. The average molecular weight is 204 g/mol. The third-order valence-corrected chi connectivity index (χ3v) is 2.70. The molecule has 0 bridgehead atoms. The van der Waals surface area contributed by atoms with Gasteiger partial charge in [0.15, 0.2) is 0 Å². The largest absolute Gasteiger partial charge is 0.481 e. The van der Waals surface area contributed by atoms with E-state index >= 15 is 0 Å². The summed E-state index contributed by atoms with van der Waals surface area (Å²) in [6.07, 6.45) is 2.55. The number of likely N-dealkylation sites (tertiary alicyclic amines) is 1. The first-order chi connectivity index (χ1) is 6.08. The number of nitrogens with zero attached hydrogens (tertiary/aromatic N) is 1. The molecule has 0 spiro atoms. The van der Waals surface area contributed by atoms with Gasteiger partial charge in [0, 0.05) is 18.6 Å². The molecular formula is C9H14ClNO2. The minimum Gasteiger partial charge on any atom is -0.481 e. The van der Waals surface area contributed by atoms with E-state index in [1.807, 2.05) is 6.08 Å². The van der Waals surface area contributed by atoms with E-state index < -0.39 is 11.4 Å². The maximum absolute atomic E-state index is 10.9. The van der Waals surface area contributed by atoms with Crippen LogP contribution in [0.15, 0.2) is 11.6 Å². The van der Waals surface area contributed by atoms with Crippen molar-refractivity contribution in [3.8, 4) is 0 Å². The van der Waals surface area contributed by atoms with E-state index in [-0.39, 0.29) is 0 Å². The summed E-state index contributed by atoms with van der Waals surface area (Å²) >= 11 is 5.39. The number of aliphatic carboxylic acids is 1. The molecule has 1 heterocycles. The Morgan fingerprint density at radius 3 is 2.92 bits per heavy atom. The molecule has 4 heteroatoms. The molecule has 0 aromatic rings. The highest BCUT2D eigenvalue weighted by Crippen LogP contribution is 2.29.